The topological polar surface area (TPSA) is 105 Å². The van der Waals surface area contributed by atoms with E-state index in [-0.39, 0.29) is 16.0 Å². The molecule has 1 aromatic carbocycles. The first-order chi connectivity index (χ1) is 16.3. The maximum Gasteiger partial charge on any atom is 0.341 e. The number of nitrogens with zero attached hydrogens (tertiary/aromatic N) is 1. The van der Waals surface area contributed by atoms with Crippen molar-refractivity contribution < 1.29 is 29.0 Å². The van der Waals surface area contributed by atoms with Crippen molar-refractivity contribution in [1.82, 2.24) is 10.4 Å². The van der Waals surface area contributed by atoms with Crippen molar-refractivity contribution >= 4 is 52.2 Å². The fraction of sp³-hybridized carbons (Fsp3) is 0.500. The highest BCUT2D eigenvalue weighted by atomic mass is 32.2. The van der Waals surface area contributed by atoms with Gasteiger partial charge in [0.15, 0.2) is 22.4 Å². The van der Waals surface area contributed by atoms with Crippen LogP contribution in [0.1, 0.15) is 44.1 Å². The van der Waals surface area contributed by atoms with Crippen LogP contribution in [0.3, 0.4) is 0 Å². The van der Waals surface area contributed by atoms with Gasteiger partial charge in [0.25, 0.3) is 5.91 Å². The van der Waals surface area contributed by atoms with E-state index in [4.69, 9.17) is 26.8 Å². The largest absolute Gasteiger partial charge is 0.493 e. The van der Waals surface area contributed by atoms with Crippen LogP contribution in [0, 0.1) is 23.2 Å². The third-order valence-corrected chi connectivity index (χ3v) is 8.68. The van der Waals surface area contributed by atoms with Gasteiger partial charge in [-0.1, -0.05) is 23.9 Å². The Hall–Kier alpha value is -2.59. The van der Waals surface area contributed by atoms with E-state index in [0.717, 1.165) is 31.0 Å². The van der Waals surface area contributed by atoms with Gasteiger partial charge in [-0.15, -0.1) is 0 Å². The number of aliphatic carboxylic acids is 1. The number of benzene rings is 1. The van der Waals surface area contributed by atoms with Gasteiger partial charge in [0, 0.05) is 5.56 Å². The zero-order valence-electron chi connectivity index (χ0n) is 18.7. The summed E-state index contributed by atoms with van der Waals surface area (Å²) in [5.41, 5.74) is 2.92. The van der Waals surface area contributed by atoms with Gasteiger partial charge >= 0.3 is 5.97 Å². The molecule has 4 aliphatic carbocycles. The summed E-state index contributed by atoms with van der Waals surface area (Å²) in [5, 5.41) is 10.2. The number of thiocarbonyl (C=S) groups is 1. The zero-order chi connectivity index (χ0) is 24.0. The van der Waals surface area contributed by atoms with Crippen molar-refractivity contribution in [3.8, 4) is 11.5 Å². The molecule has 8 nitrogen and oxygen atoms in total. The average Bonchev–Trinajstić information content (AvgIpc) is 3.04. The molecule has 0 spiro atoms. The predicted molar refractivity (Wildman–Crippen MR) is 130 cm³/mol. The highest BCUT2D eigenvalue weighted by Crippen LogP contribution is 2.60. The summed E-state index contributed by atoms with van der Waals surface area (Å²) in [5.74, 6) is 0.753. The predicted octanol–water partition coefficient (Wildman–Crippen LogP) is 3.61. The second-order valence-corrected chi connectivity index (χ2v) is 11.4. The lowest BCUT2D eigenvalue weighted by Gasteiger charge is -2.55. The number of carboxylic acid groups (broad SMARTS) is 1. The third kappa shape index (κ3) is 4.17. The number of para-hydroxylation sites is 1. The van der Waals surface area contributed by atoms with Crippen molar-refractivity contribution in [2.75, 3.05) is 13.7 Å². The lowest BCUT2D eigenvalue weighted by Crippen LogP contribution is -2.57. The van der Waals surface area contributed by atoms with E-state index in [9.17, 15) is 14.4 Å². The first-order valence-electron chi connectivity index (χ1n) is 11.4. The summed E-state index contributed by atoms with van der Waals surface area (Å²) < 4.78 is 11.0. The number of hydrazine groups is 1. The zero-order valence-corrected chi connectivity index (χ0v) is 20.4. The van der Waals surface area contributed by atoms with Crippen LogP contribution in [0.4, 0.5) is 0 Å². The summed E-state index contributed by atoms with van der Waals surface area (Å²) >= 11 is 6.50. The minimum Gasteiger partial charge on any atom is -0.493 e. The lowest BCUT2D eigenvalue weighted by atomic mass is 9.49. The molecule has 34 heavy (non-hydrogen) atoms. The number of carboxylic acids is 1. The average molecular weight is 503 g/mol. The van der Waals surface area contributed by atoms with Gasteiger partial charge < -0.3 is 14.6 Å². The van der Waals surface area contributed by atoms with Gasteiger partial charge in [-0.3, -0.25) is 15.0 Å². The quantitative estimate of drug-likeness (QED) is 0.430. The van der Waals surface area contributed by atoms with Crippen LogP contribution in [-0.2, 0) is 14.4 Å². The fourth-order valence-corrected chi connectivity index (χ4v) is 7.58. The molecular formula is C24H26N2O6S2. The smallest absolute Gasteiger partial charge is 0.341 e. The van der Waals surface area contributed by atoms with E-state index in [1.165, 1.54) is 31.4 Å². The molecule has 0 unspecified atom stereocenters. The molecule has 5 fully saturated rings. The van der Waals surface area contributed by atoms with Crippen molar-refractivity contribution in [2.24, 2.45) is 23.2 Å². The van der Waals surface area contributed by atoms with E-state index in [0.29, 0.717) is 34.0 Å². The Balaban J connectivity index is 1.35. The highest BCUT2D eigenvalue weighted by molar-refractivity contribution is 8.26. The molecule has 1 aliphatic heterocycles. The number of carbonyl (C=O) groups excluding carboxylic acids is 2. The summed E-state index contributed by atoms with van der Waals surface area (Å²) in [6.45, 7) is -0.552. The van der Waals surface area contributed by atoms with Gasteiger partial charge in [-0.25, -0.2) is 4.79 Å². The standard InChI is InChI=1S/C24H26N2O6S2/c1-31-17-4-2-3-16(20(17)32-12-19(27)28)8-18-21(29)26(23(33)34-18)25-22(30)24-9-13-5-14(10-24)7-15(6-13)11-24/h2-4,8,13-15H,5-7,9-12H2,1H3,(H,25,30)(H,27,28)/b18-8+. The molecule has 4 bridgehead atoms. The SMILES string of the molecule is COc1cccc(/C=C2/SC(=S)N(NC(=O)C34CC5CC(CC(C5)C3)C4)C2=O)c1OCC(=O)O. The van der Waals surface area contributed by atoms with Gasteiger partial charge in [-0.05, 0) is 80.6 Å². The molecule has 0 atom stereocenters. The molecule has 0 radical (unpaired) electrons. The number of hydrogen-bond donors (Lipinski definition) is 2. The Kier molecular flexibility index (Phi) is 6.05. The Morgan fingerprint density at radius 3 is 2.47 bits per heavy atom. The maximum absolute atomic E-state index is 13.4. The van der Waals surface area contributed by atoms with Crippen LogP contribution >= 0.6 is 24.0 Å². The third-order valence-electron chi connectivity index (χ3n) is 7.38. The van der Waals surface area contributed by atoms with E-state index < -0.39 is 23.9 Å². The summed E-state index contributed by atoms with van der Waals surface area (Å²) in [4.78, 5) is 37.9. The first kappa shape index (κ1) is 23.2. The number of ether oxygens (including phenoxy) is 2. The second kappa shape index (κ2) is 8.88. The molecule has 5 aliphatic rings. The van der Waals surface area contributed by atoms with E-state index in [1.807, 2.05) is 0 Å². The van der Waals surface area contributed by atoms with Crippen molar-refractivity contribution in [2.45, 2.75) is 38.5 Å². The van der Waals surface area contributed by atoms with E-state index >= 15 is 0 Å². The van der Waals surface area contributed by atoms with Crippen molar-refractivity contribution in [1.29, 1.82) is 0 Å². The molecule has 1 heterocycles. The first-order valence-corrected chi connectivity index (χ1v) is 12.6. The summed E-state index contributed by atoms with van der Waals surface area (Å²) in [6, 6.07) is 5.06. The molecule has 2 N–H and O–H groups in total. The molecule has 1 aromatic rings. The Labute approximate surface area is 207 Å². The van der Waals surface area contributed by atoms with Gasteiger partial charge in [0.2, 0.25) is 5.91 Å². The van der Waals surface area contributed by atoms with Crippen molar-refractivity contribution in [3.05, 3.63) is 28.7 Å². The Bertz CT molecular complexity index is 1070. The number of carbonyl (C=O) groups is 3. The molecule has 10 heteroatoms. The fourth-order valence-electron chi connectivity index (χ4n) is 6.41. The van der Waals surface area contributed by atoms with E-state index in [1.54, 1.807) is 24.3 Å². The Morgan fingerprint density at radius 2 is 1.88 bits per heavy atom. The van der Waals surface area contributed by atoms with Crippen LogP contribution in [0.25, 0.3) is 6.08 Å². The minimum atomic E-state index is -1.13. The number of methoxy groups -OCH3 is 1. The molecule has 2 amide bonds. The molecular weight excluding hydrogens is 476 g/mol. The number of nitrogens with one attached hydrogen (secondary N) is 1. The van der Waals surface area contributed by atoms with Gasteiger partial charge in [-0.2, -0.15) is 5.01 Å². The normalized spacial score (nSPS) is 30.7. The second-order valence-electron chi connectivity index (χ2n) is 9.72. The minimum absolute atomic E-state index is 0.101. The van der Waals surface area contributed by atoms with Crippen LogP contribution < -0.4 is 14.9 Å². The molecule has 180 valence electrons. The number of hydrogen-bond acceptors (Lipinski definition) is 7. The molecule has 1 saturated heterocycles. The number of rotatable bonds is 7. The summed E-state index contributed by atoms with van der Waals surface area (Å²) in [6.07, 6.45) is 7.93. The van der Waals surface area contributed by atoms with Crippen LogP contribution in [-0.4, -0.2) is 45.9 Å². The maximum atomic E-state index is 13.4. The molecule has 0 aromatic heterocycles. The molecule has 6 rings (SSSR count). The van der Waals surface area contributed by atoms with E-state index in [2.05, 4.69) is 5.43 Å². The van der Waals surface area contributed by atoms with Gasteiger partial charge in [0.1, 0.15) is 0 Å². The van der Waals surface area contributed by atoms with Crippen LogP contribution in [0.15, 0.2) is 23.1 Å². The lowest BCUT2D eigenvalue weighted by molar-refractivity contribution is -0.152. The number of amides is 2. The van der Waals surface area contributed by atoms with Crippen LogP contribution in [0.5, 0.6) is 11.5 Å². The molecule has 4 saturated carbocycles. The number of thioether (sulfide) groups is 1. The van der Waals surface area contributed by atoms with Gasteiger partial charge in [0.05, 0.1) is 17.4 Å². The summed E-state index contributed by atoms with van der Waals surface area (Å²) in [7, 11) is 1.45. The Morgan fingerprint density at radius 1 is 1.24 bits per heavy atom. The van der Waals surface area contributed by atoms with Crippen LogP contribution in [0.2, 0.25) is 0 Å². The highest BCUT2D eigenvalue weighted by Gasteiger charge is 2.55. The monoisotopic (exact) mass is 502 g/mol. The van der Waals surface area contributed by atoms with Crippen molar-refractivity contribution in [3.63, 3.8) is 0 Å².